The van der Waals surface area contributed by atoms with E-state index in [4.69, 9.17) is 0 Å². The van der Waals surface area contributed by atoms with Crippen molar-refractivity contribution in [3.05, 3.63) is 46.7 Å². The van der Waals surface area contributed by atoms with Gasteiger partial charge in [-0.1, -0.05) is 75.5 Å². The smallest absolute Gasteiger partial charge is 0.0771 e. The molecule has 19 heavy (non-hydrogen) atoms. The fourth-order valence-corrected chi connectivity index (χ4v) is 3.04. The van der Waals surface area contributed by atoms with E-state index in [1.54, 1.807) is 0 Å². The van der Waals surface area contributed by atoms with Gasteiger partial charge < -0.3 is 0 Å². The fourth-order valence-electron chi connectivity index (χ4n) is 1.84. The molecule has 0 fully saturated rings. The lowest BCUT2D eigenvalue weighted by Gasteiger charge is -2.16. The van der Waals surface area contributed by atoms with E-state index in [0.717, 1.165) is 5.56 Å². The maximum atomic E-state index is 3.45. The molecule has 0 aliphatic rings. The Balaban J connectivity index is 2.97. The first-order chi connectivity index (χ1) is 8.95. The zero-order valence-corrected chi connectivity index (χ0v) is 14.0. The number of aryl methyl sites for hydroxylation is 1. The van der Waals surface area contributed by atoms with Gasteiger partial charge in [-0.2, -0.15) is 0 Å². The minimum atomic E-state index is -1.32. The molecule has 0 nitrogen and oxygen atoms in total. The summed E-state index contributed by atoms with van der Waals surface area (Å²) >= 11 is 0. The molecule has 0 atom stereocenters. The molecule has 1 aromatic rings. The molecule has 0 aliphatic heterocycles. The van der Waals surface area contributed by atoms with Gasteiger partial charge in [0.25, 0.3) is 0 Å². The third-order valence-electron chi connectivity index (χ3n) is 3.19. The number of rotatable bonds is 4. The number of unbranched alkanes of at least 4 members (excludes halogenated alkanes) is 2. The zero-order chi connectivity index (χ0) is 14.3. The van der Waals surface area contributed by atoms with Crippen LogP contribution in [0.4, 0.5) is 0 Å². The summed E-state index contributed by atoms with van der Waals surface area (Å²) in [6, 6.07) is 8.36. The van der Waals surface area contributed by atoms with Gasteiger partial charge in [-0.3, -0.25) is 0 Å². The maximum Gasteiger partial charge on any atom is 0.0880 e. The molecule has 0 saturated heterocycles. The van der Waals surface area contributed by atoms with Gasteiger partial charge in [0, 0.05) is 5.56 Å². The Morgan fingerprint density at radius 3 is 2.47 bits per heavy atom. The van der Waals surface area contributed by atoms with Gasteiger partial charge in [-0.25, -0.2) is 0 Å². The van der Waals surface area contributed by atoms with Crippen LogP contribution in [0.1, 0.15) is 37.3 Å². The van der Waals surface area contributed by atoms with E-state index < -0.39 is 8.07 Å². The summed E-state index contributed by atoms with van der Waals surface area (Å²) < 4.78 is 0. The van der Waals surface area contributed by atoms with E-state index in [9.17, 15) is 0 Å². The largest absolute Gasteiger partial charge is 0.0880 e. The second kappa shape index (κ2) is 7.36. The van der Waals surface area contributed by atoms with Crippen molar-refractivity contribution >= 4 is 8.07 Å². The van der Waals surface area contributed by atoms with E-state index in [1.807, 2.05) is 0 Å². The lowest BCUT2D eigenvalue weighted by molar-refractivity contribution is 0.814. The molecule has 1 rings (SSSR count). The highest BCUT2D eigenvalue weighted by Crippen LogP contribution is 2.16. The minimum absolute atomic E-state index is 1.15. The fraction of sp³-hybridized carbons (Fsp3) is 0.444. The molecule has 0 amide bonds. The van der Waals surface area contributed by atoms with Gasteiger partial charge in [0.05, 0.1) is 8.07 Å². The van der Waals surface area contributed by atoms with Crippen molar-refractivity contribution in [1.82, 2.24) is 0 Å². The molecule has 0 unspecified atom stereocenters. The lowest BCUT2D eigenvalue weighted by atomic mass is 10.1. The van der Waals surface area contributed by atoms with Crippen LogP contribution < -0.4 is 0 Å². The Bertz CT molecular complexity index is 492. The van der Waals surface area contributed by atoms with Crippen molar-refractivity contribution in [3.8, 4) is 11.8 Å². The van der Waals surface area contributed by atoms with Crippen LogP contribution in [0.2, 0.25) is 19.6 Å². The lowest BCUT2D eigenvalue weighted by Crippen LogP contribution is -2.23. The maximum absolute atomic E-state index is 3.45. The molecule has 1 heteroatoms. The van der Waals surface area contributed by atoms with Crippen LogP contribution in [-0.2, 0) is 0 Å². The number of hydrogen-bond donors (Lipinski definition) is 0. The van der Waals surface area contributed by atoms with Gasteiger partial charge in [-0.05, 0) is 30.2 Å². The van der Waals surface area contributed by atoms with Crippen LogP contribution in [0.3, 0.4) is 0 Å². The van der Waals surface area contributed by atoms with E-state index >= 15 is 0 Å². The number of allylic oxidation sites excluding steroid dienone is 2. The van der Waals surface area contributed by atoms with Crippen molar-refractivity contribution in [2.45, 2.75) is 52.8 Å². The van der Waals surface area contributed by atoms with E-state index in [2.05, 4.69) is 75.7 Å². The Hall–Kier alpha value is -1.26. The summed E-state index contributed by atoms with van der Waals surface area (Å²) in [5.74, 6) is 6.81. The quantitative estimate of drug-likeness (QED) is 0.393. The van der Waals surface area contributed by atoms with Crippen molar-refractivity contribution in [2.24, 2.45) is 0 Å². The molecule has 0 aromatic heterocycles. The molecule has 0 radical (unpaired) electrons. The van der Waals surface area contributed by atoms with Gasteiger partial charge in [0.2, 0.25) is 0 Å². The van der Waals surface area contributed by atoms with Crippen molar-refractivity contribution < 1.29 is 0 Å². The minimum Gasteiger partial charge on any atom is -0.0771 e. The van der Waals surface area contributed by atoms with E-state index in [-0.39, 0.29) is 0 Å². The summed E-state index contributed by atoms with van der Waals surface area (Å²) in [5, 5.41) is 1.39. The van der Waals surface area contributed by atoms with Crippen LogP contribution >= 0.6 is 0 Å². The normalized spacial score (nSPS) is 11.9. The van der Waals surface area contributed by atoms with E-state index in [0.29, 0.717) is 0 Å². The van der Waals surface area contributed by atoms with Gasteiger partial charge in [0.1, 0.15) is 0 Å². The monoisotopic (exact) mass is 270 g/mol. The molecular weight excluding hydrogens is 244 g/mol. The van der Waals surface area contributed by atoms with Crippen molar-refractivity contribution in [3.63, 3.8) is 0 Å². The molecule has 0 aliphatic carbocycles. The SMILES string of the molecule is CCCC/C=C(/C#Cc1ccccc1C)[Si](C)(C)C. The van der Waals surface area contributed by atoms with Crippen LogP contribution in [-0.4, -0.2) is 8.07 Å². The second-order valence-corrected chi connectivity index (χ2v) is 11.1. The first-order valence-corrected chi connectivity index (χ1v) is 10.7. The third kappa shape index (κ3) is 5.49. The zero-order valence-electron chi connectivity index (χ0n) is 13.0. The first kappa shape index (κ1) is 15.8. The molecule has 0 N–H and O–H groups in total. The Morgan fingerprint density at radius 2 is 1.89 bits per heavy atom. The summed E-state index contributed by atoms with van der Waals surface area (Å²) in [7, 11) is -1.32. The van der Waals surface area contributed by atoms with Gasteiger partial charge >= 0.3 is 0 Å². The van der Waals surface area contributed by atoms with Crippen LogP contribution in [0.25, 0.3) is 0 Å². The summed E-state index contributed by atoms with van der Waals surface area (Å²) in [6.07, 6.45) is 6.06. The van der Waals surface area contributed by atoms with Crippen LogP contribution in [0, 0.1) is 18.8 Å². The molecule has 0 bridgehead atoms. The van der Waals surface area contributed by atoms with Crippen molar-refractivity contribution in [1.29, 1.82) is 0 Å². The molecule has 102 valence electrons. The average molecular weight is 270 g/mol. The molecule has 0 saturated carbocycles. The Kier molecular flexibility index (Phi) is 6.11. The van der Waals surface area contributed by atoms with Crippen molar-refractivity contribution in [2.75, 3.05) is 0 Å². The topological polar surface area (TPSA) is 0 Å². The van der Waals surface area contributed by atoms with Gasteiger partial charge in [0.15, 0.2) is 0 Å². The third-order valence-corrected chi connectivity index (χ3v) is 5.14. The number of benzene rings is 1. The second-order valence-electron chi connectivity index (χ2n) is 6.07. The highest BCUT2D eigenvalue weighted by molar-refractivity contribution is 6.84. The standard InChI is InChI=1S/C18H26Si/c1-6-7-8-13-18(19(3,4)5)15-14-17-12-10-9-11-16(17)2/h9-13H,6-8H2,1-5H3/b18-13-. The molecular formula is C18H26Si. The number of hydrogen-bond acceptors (Lipinski definition) is 0. The highest BCUT2D eigenvalue weighted by atomic mass is 28.3. The Labute approximate surface area is 120 Å². The summed E-state index contributed by atoms with van der Waals surface area (Å²) in [6.45, 7) is 11.5. The Morgan fingerprint density at radius 1 is 1.21 bits per heavy atom. The van der Waals surface area contributed by atoms with Gasteiger partial charge in [-0.15, -0.1) is 0 Å². The first-order valence-electron chi connectivity index (χ1n) is 7.23. The molecule has 0 spiro atoms. The predicted octanol–water partition coefficient (Wildman–Crippen LogP) is 5.34. The highest BCUT2D eigenvalue weighted by Gasteiger charge is 2.17. The molecule has 0 heterocycles. The summed E-state index contributed by atoms with van der Waals surface area (Å²) in [4.78, 5) is 0. The van der Waals surface area contributed by atoms with Crippen LogP contribution in [0.15, 0.2) is 35.5 Å². The van der Waals surface area contributed by atoms with Crippen LogP contribution in [0.5, 0.6) is 0 Å². The average Bonchev–Trinajstić information content (AvgIpc) is 2.34. The predicted molar refractivity (Wildman–Crippen MR) is 89.0 cm³/mol. The summed E-state index contributed by atoms with van der Waals surface area (Å²) in [5.41, 5.74) is 2.42. The molecule has 1 aromatic carbocycles. The van der Waals surface area contributed by atoms with E-state index in [1.165, 1.54) is 30.0 Å².